The highest BCUT2D eigenvalue weighted by atomic mass is 16.7. The third-order valence-corrected chi connectivity index (χ3v) is 7.53. The summed E-state index contributed by atoms with van der Waals surface area (Å²) in [6.45, 7) is 2.19. The number of ether oxygens (including phenoxy) is 2. The van der Waals surface area contributed by atoms with Crippen LogP contribution in [0.3, 0.4) is 0 Å². The molecule has 3 aromatic carbocycles. The summed E-state index contributed by atoms with van der Waals surface area (Å²) in [5, 5.41) is 21.4. The van der Waals surface area contributed by atoms with Crippen LogP contribution in [0.25, 0.3) is 11.3 Å². The molecule has 1 aromatic heterocycles. The summed E-state index contributed by atoms with van der Waals surface area (Å²) in [6.07, 6.45) is 4.48. The van der Waals surface area contributed by atoms with Gasteiger partial charge in [0.05, 0.1) is 11.4 Å². The van der Waals surface area contributed by atoms with E-state index in [-0.39, 0.29) is 36.4 Å². The van der Waals surface area contributed by atoms with Crippen molar-refractivity contribution in [2.75, 3.05) is 12.1 Å². The van der Waals surface area contributed by atoms with Gasteiger partial charge in [0.1, 0.15) is 5.75 Å². The fourth-order valence-electron chi connectivity index (χ4n) is 5.02. The van der Waals surface area contributed by atoms with Crippen LogP contribution in [0.4, 0.5) is 10.5 Å². The summed E-state index contributed by atoms with van der Waals surface area (Å²) in [5.41, 5.74) is 3.86. The third-order valence-electron chi connectivity index (χ3n) is 7.53. The number of rotatable bonds is 9. The molecule has 1 unspecified atom stereocenters. The van der Waals surface area contributed by atoms with Gasteiger partial charge in [0.15, 0.2) is 11.5 Å². The Morgan fingerprint density at radius 1 is 1.02 bits per heavy atom. The maximum atomic E-state index is 13.4. The Labute approximate surface area is 238 Å². The molecular weight excluding hydrogens is 520 g/mol. The van der Waals surface area contributed by atoms with E-state index in [2.05, 4.69) is 34.8 Å². The van der Waals surface area contributed by atoms with E-state index < -0.39 is 0 Å². The van der Waals surface area contributed by atoms with Crippen molar-refractivity contribution < 1.29 is 24.2 Å². The smallest absolute Gasteiger partial charge is 0.342 e. The van der Waals surface area contributed by atoms with Crippen LogP contribution in [-0.2, 0) is 6.42 Å². The van der Waals surface area contributed by atoms with Gasteiger partial charge < -0.3 is 25.2 Å². The molecule has 0 bridgehead atoms. The second kappa shape index (κ2) is 11.4. The van der Waals surface area contributed by atoms with Crippen LogP contribution in [0, 0.1) is 0 Å². The van der Waals surface area contributed by atoms with Crippen LogP contribution in [0.1, 0.15) is 60.1 Å². The van der Waals surface area contributed by atoms with Crippen molar-refractivity contribution in [2.24, 2.45) is 0 Å². The maximum Gasteiger partial charge on any atom is 0.342 e. The summed E-state index contributed by atoms with van der Waals surface area (Å²) in [7, 11) is 0. The zero-order valence-corrected chi connectivity index (χ0v) is 22.8. The minimum absolute atomic E-state index is 0.00512. The van der Waals surface area contributed by atoms with Crippen LogP contribution in [0.15, 0.2) is 72.8 Å². The van der Waals surface area contributed by atoms with Gasteiger partial charge in [-0.25, -0.2) is 4.79 Å². The Kier molecular flexibility index (Phi) is 7.33. The van der Waals surface area contributed by atoms with E-state index in [1.54, 1.807) is 30.3 Å². The first-order chi connectivity index (χ1) is 20.0. The lowest BCUT2D eigenvalue weighted by atomic mass is 10.0. The molecule has 9 heteroatoms. The van der Waals surface area contributed by atoms with Crippen LogP contribution < -0.4 is 20.1 Å². The Bertz CT molecular complexity index is 1580. The van der Waals surface area contributed by atoms with E-state index in [4.69, 9.17) is 9.47 Å². The van der Waals surface area contributed by atoms with Gasteiger partial charge in [-0.15, -0.1) is 0 Å². The van der Waals surface area contributed by atoms with Gasteiger partial charge in [-0.05, 0) is 80.1 Å². The molecule has 2 amide bonds. The molecular formula is C32H32N4O5. The number of benzene rings is 3. The number of nitrogens with zero attached hydrogens (tertiary/aromatic N) is 2. The average molecular weight is 553 g/mol. The number of carbonyl (C=O) groups excluding carboxylic acids is 2. The summed E-state index contributed by atoms with van der Waals surface area (Å²) in [6, 6.07) is 21.6. The van der Waals surface area contributed by atoms with Crippen molar-refractivity contribution in [3.63, 3.8) is 0 Å². The molecule has 1 saturated carbocycles. The van der Waals surface area contributed by atoms with E-state index >= 15 is 0 Å². The van der Waals surface area contributed by atoms with Crippen molar-refractivity contribution in [3.05, 3.63) is 89.6 Å². The van der Waals surface area contributed by atoms with E-state index in [1.807, 2.05) is 24.3 Å². The molecule has 0 spiro atoms. The first-order valence-corrected chi connectivity index (χ1v) is 14.0. The Hall–Kier alpha value is -4.79. The van der Waals surface area contributed by atoms with Crippen LogP contribution in [-0.4, -0.2) is 39.7 Å². The lowest BCUT2D eigenvalue weighted by Gasteiger charge is -2.17. The van der Waals surface area contributed by atoms with E-state index in [0.29, 0.717) is 34.0 Å². The molecule has 1 atom stereocenters. The van der Waals surface area contributed by atoms with E-state index in [0.717, 1.165) is 37.8 Å². The number of fused-ring (bicyclic) bond motifs is 1. The molecule has 2 heterocycles. The standard InChI is InChI=1S/C32H32N4O5/c1-2-23(12-8-20-6-4-3-5-7-20)34-32(39)36-27(21-9-10-21)18-26(35-36)25-17-24(13-14-28(25)37)33-31(38)22-11-15-29-30(16-22)41-19-40-29/h3-7,11,13-18,21,23,37H,2,8-10,12,19H2,1H3,(H,33,38)(H,34,39). The van der Waals surface area contributed by atoms with Crippen molar-refractivity contribution in [1.29, 1.82) is 0 Å². The highest BCUT2D eigenvalue weighted by Crippen LogP contribution is 2.42. The van der Waals surface area contributed by atoms with Crippen molar-refractivity contribution >= 4 is 17.6 Å². The number of phenolic OH excluding ortho intramolecular Hbond substituents is 1. The average Bonchev–Trinajstić information content (AvgIpc) is 3.56. The quantitative estimate of drug-likeness (QED) is 0.217. The minimum Gasteiger partial charge on any atom is -0.507 e. The topological polar surface area (TPSA) is 115 Å². The van der Waals surface area contributed by atoms with Gasteiger partial charge >= 0.3 is 6.03 Å². The molecule has 9 nitrogen and oxygen atoms in total. The number of phenols is 1. The van der Waals surface area contributed by atoms with Crippen molar-refractivity contribution in [3.8, 4) is 28.5 Å². The van der Waals surface area contributed by atoms with Crippen LogP contribution in [0.5, 0.6) is 17.2 Å². The van der Waals surface area contributed by atoms with Crippen molar-refractivity contribution in [1.82, 2.24) is 15.1 Å². The van der Waals surface area contributed by atoms with Gasteiger partial charge in [0.25, 0.3) is 5.91 Å². The Morgan fingerprint density at radius 3 is 2.61 bits per heavy atom. The number of hydrogen-bond acceptors (Lipinski definition) is 6. The summed E-state index contributed by atoms with van der Waals surface area (Å²) in [5.74, 6) is 1.05. The maximum absolute atomic E-state index is 13.4. The lowest BCUT2D eigenvalue weighted by Crippen LogP contribution is -2.38. The molecule has 41 heavy (non-hydrogen) atoms. The van der Waals surface area contributed by atoms with Gasteiger partial charge in [0, 0.05) is 28.8 Å². The molecule has 4 aromatic rings. The summed E-state index contributed by atoms with van der Waals surface area (Å²) < 4.78 is 12.1. The summed E-state index contributed by atoms with van der Waals surface area (Å²) in [4.78, 5) is 26.3. The minimum atomic E-state index is -0.329. The second-order valence-electron chi connectivity index (χ2n) is 10.5. The molecule has 1 aliphatic carbocycles. The zero-order chi connectivity index (χ0) is 28.3. The number of nitrogens with one attached hydrogen (secondary N) is 2. The number of aromatic nitrogens is 2. The molecule has 1 aliphatic heterocycles. The molecule has 0 saturated heterocycles. The summed E-state index contributed by atoms with van der Waals surface area (Å²) >= 11 is 0. The first-order valence-electron chi connectivity index (χ1n) is 14.0. The van der Waals surface area contributed by atoms with Crippen molar-refractivity contribution in [2.45, 2.75) is 51.0 Å². The monoisotopic (exact) mass is 552 g/mol. The normalized spacial score (nSPS) is 14.5. The van der Waals surface area contributed by atoms with Gasteiger partial charge in [-0.1, -0.05) is 37.3 Å². The number of amides is 2. The largest absolute Gasteiger partial charge is 0.507 e. The van der Waals surface area contributed by atoms with Gasteiger partial charge in [-0.2, -0.15) is 9.78 Å². The number of anilines is 1. The SMILES string of the molecule is CCC(CCc1ccccc1)NC(=O)n1nc(-c2cc(NC(=O)c3ccc4c(c3)OCO4)ccc2O)cc1C1CC1. The molecule has 0 radical (unpaired) electrons. The van der Waals surface area contributed by atoms with E-state index in [1.165, 1.54) is 16.3 Å². The predicted octanol–water partition coefficient (Wildman–Crippen LogP) is 6.08. The Morgan fingerprint density at radius 2 is 1.83 bits per heavy atom. The molecule has 2 aliphatic rings. The molecule has 210 valence electrons. The highest BCUT2D eigenvalue weighted by molar-refractivity contribution is 6.05. The molecule has 1 fully saturated rings. The third kappa shape index (κ3) is 5.89. The zero-order valence-electron chi connectivity index (χ0n) is 22.8. The number of aromatic hydroxyl groups is 1. The Balaban J connectivity index is 1.20. The van der Waals surface area contributed by atoms with Crippen LogP contribution in [0.2, 0.25) is 0 Å². The number of carbonyl (C=O) groups is 2. The highest BCUT2D eigenvalue weighted by Gasteiger charge is 2.31. The van der Waals surface area contributed by atoms with E-state index in [9.17, 15) is 14.7 Å². The molecule has 3 N–H and O–H groups in total. The van der Waals surface area contributed by atoms with Gasteiger partial charge in [-0.3, -0.25) is 4.79 Å². The first kappa shape index (κ1) is 26.4. The fourth-order valence-corrected chi connectivity index (χ4v) is 5.02. The van der Waals surface area contributed by atoms with Gasteiger partial charge in [0.2, 0.25) is 6.79 Å². The molecule has 6 rings (SSSR count). The fraction of sp³-hybridized carbons (Fsp3) is 0.281. The number of aryl methyl sites for hydroxylation is 1. The second-order valence-corrected chi connectivity index (χ2v) is 10.5. The van der Waals surface area contributed by atoms with Crippen LogP contribution >= 0.6 is 0 Å². The predicted molar refractivity (Wildman–Crippen MR) is 155 cm³/mol. The number of hydrogen-bond donors (Lipinski definition) is 3. The lowest BCUT2D eigenvalue weighted by molar-refractivity contribution is 0.102.